The summed E-state index contributed by atoms with van der Waals surface area (Å²) in [7, 11) is 0. The topological polar surface area (TPSA) is 339 Å². The van der Waals surface area contributed by atoms with E-state index in [1.807, 2.05) is 6.07 Å². The lowest BCUT2D eigenvalue weighted by Crippen LogP contribution is -2.68. The monoisotopic (exact) mass is 1380 g/mol. The molecule has 7 N–H and O–H groups in total. The molecule has 27 atom stereocenters. The van der Waals surface area contributed by atoms with Crippen LogP contribution in [0.1, 0.15) is 222 Å². The zero-order chi connectivity index (χ0) is 70.3. The van der Waals surface area contributed by atoms with Crippen LogP contribution in [0.2, 0.25) is 0 Å². The van der Waals surface area contributed by atoms with E-state index in [-0.39, 0.29) is 25.4 Å². The first-order chi connectivity index (χ1) is 46.5. The molecule has 0 radical (unpaired) electrons. The Morgan fingerprint density at radius 2 is 1.04 bits per heavy atom. The second-order valence-electron chi connectivity index (χ2n) is 27.5. The van der Waals surface area contributed by atoms with E-state index in [0.29, 0.717) is 31.2 Å². The van der Waals surface area contributed by atoms with Crippen molar-refractivity contribution in [3.8, 4) is 0 Å². The maximum absolute atomic E-state index is 14.5. The van der Waals surface area contributed by atoms with Crippen LogP contribution in [0.4, 0.5) is 0 Å². The van der Waals surface area contributed by atoms with E-state index in [1.165, 1.54) is 39.7 Å². The Hall–Kier alpha value is -3.84. The van der Waals surface area contributed by atoms with Crippen LogP contribution < -0.4 is 0 Å². The molecule has 97 heavy (non-hydrogen) atoms. The first-order valence-electron chi connectivity index (χ1n) is 36.4. The highest BCUT2D eigenvalue weighted by Gasteiger charge is 2.59. The number of benzene rings is 1. The summed E-state index contributed by atoms with van der Waals surface area (Å²) >= 11 is 0. The molecule has 25 heteroatoms. The summed E-state index contributed by atoms with van der Waals surface area (Å²) in [5.41, 5.74) is 0.648. The van der Waals surface area contributed by atoms with Crippen molar-refractivity contribution in [2.75, 3.05) is 0 Å². The Labute approximate surface area is 573 Å². The van der Waals surface area contributed by atoms with Gasteiger partial charge in [0.1, 0.15) is 67.1 Å². The summed E-state index contributed by atoms with van der Waals surface area (Å²) in [6.45, 7) is 15.2. The molecule has 0 spiro atoms. The van der Waals surface area contributed by atoms with Crippen LogP contribution in [-0.2, 0) is 85.5 Å². The highest BCUT2D eigenvalue weighted by Crippen LogP contribution is 2.40. The molecule has 6 heterocycles. The van der Waals surface area contributed by atoms with Crippen molar-refractivity contribution in [3.05, 3.63) is 42.0 Å². The number of aliphatic hydroxyl groups is 7. The number of carbonyl (C=O) groups is 4. The second kappa shape index (κ2) is 40.7. The molecule has 0 aromatic heterocycles. The summed E-state index contributed by atoms with van der Waals surface area (Å²) in [5, 5.41) is 81.3. The number of hydrogen-bond donors (Lipinski definition) is 7. The van der Waals surface area contributed by atoms with Gasteiger partial charge >= 0.3 is 23.9 Å². The van der Waals surface area contributed by atoms with E-state index in [9.17, 15) is 54.9 Å². The SMILES string of the molecule is CCCCCCCCCCCC(=O)O[C@@H]1[C@@H](O)[C@H](C)O[C@@H](O[C@@H]2[C@@H](O[C@@H]3O[C@@H](C)[C@H](O)[C@@H](O)[C@H]3O)[C@@H](OC(=O)[C@@H](C)CC)[C@H](O[C@@H]3[C@H]4OC(=O)CCCCCCCCC[C@H](CCCCC)O[C@@H]5O[C@H](C)[C@H](O)[C@H](O)[C@H]5O[C@H](O[C@H]3C)[C@@H]4O)O[C@H]2C)[C@@H]1OC(=O)C=Cc1ccccc1. The van der Waals surface area contributed by atoms with E-state index >= 15 is 0 Å². The second-order valence-corrected chi connectivity index (χ2v) is 27.5. The number of unbranched alkanes of at least 4 members (excludes halogenated alkanes) is 10. The van der Waals surface area contributed by atoms with Crippen molar-refractivity contribution in [1.82, 2.24) is 0 Å². The quantitative estimate of drug-likeness (QED) is 0.0193. The zero-order valence-electron chi connectivity index (χ0n) is 58.6. The lowest BCUT2D eigenvalue weighted by molar-refractivity contribution is -0.399. The summed E-state index contributed by atoms with van der Waals surface area (Å²) in [5.74, 6) is -3.93. The van der Waals surface area contributed by atoms with E-state index in [4.69, 9.17) is 66.3 Å². The molecule has 6 saturated heterocycles. The Bertz CT molecular complexity index is 2490. The number of aliphatic hydroxyl groups excluding tert-OH is 7. The van der Waals surface area contributed by atoms with Crippen LogP contribution in [0.15, 0.2) is 36.4 Å². The van der Waals surface area contributed by atoms with Gasteiger partial charge in [0.2, 0.25) is 0 Å². The number of esters is 4. The van der Waals surface area contributed by atoms with Crippen molar-refractivity contribution < 1.29 is 121 Å². The lowest BCUT2D eigenvalue weighted by atomic mass is 9.95. The van der Waals surface area contributed by atoms with E-state index < -0.39 is 183 Å². The smallest absolute Gasteiger partial charge is 0.331 e. The standard InChI is InChI=1S/C72H116O25/c1-10-13-15-16-17-18-21-24-31-37-49(73)90-61-54(78)44(7)86-71(65(61)92-51(75)40-39-47-33-28-26-29-34-47)95-60-46(9)88-72(66(93-67(83)41(4)12-3)64(60)97-68-57(81)55(79)52(76)42(5)84-68)94-59-45(8)87-69-58(82)62(59)91-50(74)38-32-25-22-19-20-23-30-36-48(35-27-14-11-2)89-70-63(96-69)56(80)53(77)43(6)85-70/h26,28-29,33-34,39-46,48,52-66,68-72,76-82H,10-25,27,30-32,35-38H2,1-9H3/t41-,42-,43+,44-,45-,46-,48-,52-,53-,54-,55+,56-,57+,58+,59-,60-,61+,62-,63+,64+,65+,66+,68-,69-,70-,71-,72-/m0/s1. The first kappa shape index (κ1) is 80.5. The number of rotatable bonds is 27. The number of fused-ring (bicyclic) bond motifs is 3. The maximum Gasteiger partial charge on any atom is 0.331 e. The van der Waals surface area contributed by atoms with E-state index in [1.54, 1.807) is 52.0 Å². The minimum atomic E-state index is -1.96. The van der Waals surface area contributed by atoms with Crippen molar-refractivity contribution >= 4 is 30.0 Å². The normalized spacial score (nSPS) is 38.5. The van der Waals surface area contributed by atoms with E-state index in [2.05, 4.69) is 13.8 Å². The number of ether oxygens (including phenoxy) is 14. The van der Waals surface area contributed by atoms with Crippen molar-refractivity contribution in [3.63, 3.8) is 0 Å². The maximum atomic E-state index is 14.5. The van der Waals surface area contributed by atoms with Crippen LogP contribution in [0.3, 0.4) is 0 Å². The summed E-state index contributed by atoms with van der Waals surface area (Å²) in [6.07, 6.45) is -17.6. The minimum Gasteiger partial charge on any atom is -0.456 e. The highest BCUT2D eigenvalue weighted by atomic mass is 16.8. The summed E-state index contributed by atoms with van der Waals surface area (Å²) in [4.78, 5) is 56.5. The fraction of sp³-hybridized carbons (Fsp3) is 0.833. The molecule has 0 saturated carbocycles. The molecular weight excluding hydrogens is 1260 g/mol. The van der Waals surface area contributed by atoms with Gasteiger partial charge in [0.15, 0.2) is 55.9 Å². The van der Waals surface area contributed by atoms with Gasteiger partial charge in [-0.25, -0.2) is 4.79 Å². The molecule has 7 rings (SSSR count). The van der Waals surface area contributed by atoms with Gasteiger partial charge in [-0.1, -0.05) is 167 Å². The van der Waals surface area contributed by atoms with Crippen molar-refractivity contribution in [1.29, 1.82) is 0 Å². The van der Waals surface area contributed by atoms with Gasteiger partial charge in [0, 0.05) is 18.9 Å². The van der Waals surface area contributed by atoms with Crippen LogP contribution in [0, 0.1) is 5.92 Å². The van der Waals surface area contributed by atoms with Gasteiger partial charge in [-0.05, 0) is 78.4 Å². The third kappa shape index (κ3) is 23.3. The highest BCUT2D eigenvalue weighted by molar-refractivity contribution is 5.87. The molecule has 25 nitrogen and oxygen atoms in total. The molecule has 1 aromatic rings. The van der Waals surface area contributed by atoms with Crippen LogP contribution in [-0.4, -0.2) is 219 Å². The van der Waals surface area contributed by atoms with Gasteiger partial charge < -0.3 is 102 Å². The summed E-state index contributed by atoms with van der Waals surface area (Å²) in [6, 6.07) is 8.89. The van der Waals surface area contributed by atoms with Crippen LogP contribution in [0.25, 0.3) is 6.08 Å². The number of hydrogen-bond acceptors (Lipinski definition) is 25. The first-order valence-corrected chi connectivity index (χ1v) is 36.4. The largest absolute Gasteiger partial charge is 0.456 e. The van der Waals surface area contributed by atoms with Gasteiger partial charge in [-0.3, -0.25) is 14.4 Å². The Balaban J connectivity index is 1.25. The number of carbonyl (C=O) groups excluding carboxylic acids is 4. The zero-order valence-corrected chi connectivity index (χ0v) is 58.6. The van der Waals surface area contributed by atoms with Crippen molar-refractivity contribution in [2.24, 2.45) is 5.92 Å². The van der Waals surface area contributed by atoms with Crippen molar-refractivity contribution in [2.45, 2.75) is 376 Å². The third-order valence-electron chi connectivity index (χ3n) is 19.6. The molecule has 554 valence electrons. The Morgan fingerprint density at radius 3 is 1.72 bits per heavy atom. The van der Waals surface area contributed by atoms with Crippen LogP contribution >= 0.6 is 0 Å². The fourth-order valence-electron chi connectivity index (χ4n) is 13.3. The molecule has 0 unspecified atom stereocenters. The Morgan fingerprint density at radius 1 is 0.495 bits per heavy atom. The average Bonchev–Trinajstić information content (AvgIpc) is 0.804. The van der Waals surface area contributed by atoms with E-state index in [0.717, 1.165) is 102 Å². The van der Waals surface area contributed by atoms with Gasteiger partial charge in [-0.15, -0.1) is 0 Å². The fourth-order valence-corrected chi connectivity index (χ4v) is 13.3. The molecule has 6 fully saturated rings. The van der Waals surface area contributed by atoms with Gasteiger partial charge in [-0.2, -0.15) is 0 Å². The van der Waals surface area contributed by atoms with Crippen LogP contribution in [0.5, 0.6) is 0 Å². The molecule has 2 bridgehead atoms. The lowest BCUT2D eigenvalue weighted by Gasteiger charge is -2.51. The van der Waals surface area contributed by atoms with Gasteiger partial charge in [0.05, 0.1) is 42.5 Å². The third-order valence-corrected chi connectivity index (χ3v) is 19.6. The molecule has 6 aliphatic rings. The molecular formula is C72H116O25. The molecule has 0 aliphatic carbocycles. The molecule has 0 amide bonds. The summed E-state index contributed by atoms with van der Waals surface area (Å²) < 4.78 is 90.2. The minimum absolute atomic E-state index is 0.0162. The predicted molar refractivity (Wildman–Crippen MR) is 350 cm³/mol. The van der Waals surface area contributed by atoms with Gasteiger partial charge in [0.25, 0.3) is 0 Å². The Kier molecular flexibility index (Phi) is 33.8. The average molecular weight is 1380 g/mol. The predicted octanol–water partition coefficient (Wildman–Crippen LogP) is 7.60. The molecule has 6 aliphatic heterocycles. The molecule has 1 aromatic carbocycles.